The van der Waals surface area contributed by atoms with E-state index in [0.29, 0.717) is 10.6 Å². The van der Waals surface area contributed by atoms with Gasteiger partial charge in [0, 0.05) is 7.05 Å². The molecule has 0 aliphatic carbocycles. The number of para-hydroxylation sites is 1. The average molecular weight is 212 g/mol. The summed E-state index contributed by atoms with van der Waals surface area (Å²) in [5.74, 6) is 0. The highest BCUT2D eigenvalue weighted by molar-refractivity contribution is 7.89. The number of fused-ring (bicyclic) bond motifs is 1. The lowest BCUT2D eigenvalue weighted by Gasteiger charge is -2.32. The van der Waals surface area contributed by atoms with E-state index in [2.05, 4.69) is 5.32 Å². The normalized spacial score (nSPS) is 25.1. The average Bonchev–Trinajstić information content (AvgIpc) is 2.15. The Bertz CT molecular complexity index is 456. The van der Waals surface area contributed by atoms with Crippen LogP contribution in [0.15, 0.2) is 29.2 Å². The van der Waals surface area contributed by atoms with Gasteiger partial charge in [-0.2, -0.15) is 4.31 Å². The molecular weight excluding hydrogens is 200 g/mol. The molecule has 0 amide bonds. The largest absolute Gasteiger partial charge is 0.368 e. The maximum absolute atomic E-state index is 11.9. The van der Waals surface area contributed by atoms with Crippen LogP contribution >= 0.6 is 0 Å². The third-order valence-electron chi connectivity index (χ3n) is 2.45. The van der Waals surface area contributed by atoms with Crippen molar-refractivity contribution in [1.82, 2.24) is 4.31 Å². The molecule has 1 N–H and O–H groups in total. The van der Waals surface area contributed by atoms with Crippen LogP contribution in [0.3, 0.4) is 0 Å². The smallest absolute Gasteiger partial charge is 0.246 e. The fourth-order valence-corrected chi connectivity index (χ4v) is 2.92. The van der Waals surface area contributed by atoms with Crippen molar-refractivity contribution in [2.75, 3.05) is 12.4 Å². The summed E-state index contributed by atoms with van der Waals surface area (Å²) >= 11 is 0. The number of nitrogens with one attached hydrogen (secondary N) is 1. The number of anilines is 1. The topological polar surface area (TPSA) is 49.4 Å². The van der Waals surface area contributed by atoms with Crippen LogP contribution in [0.4, 0.5) is 5.69 Å². The van der Waals surface area contributed by atoms with Gasteiger partial charge in [-0.3, -0.25) is 0 Å². The monoisotopic (exact) mass is 212 g/mol. The Balaban J connectivity index is 2.66. The summed E-state index contributed by atoms with van der Waals surface area (Å²) in [7, 11) is -1.73. The Kier molecular flexibility index (Phi) is 2.01. The van der Waals surface area contributed by atoms with Crippen molar-refractivity contribution in [1.29, 1.82) is 0 Å². The minimum atomic E-state index is -3.30. The molecule has 0 radical (unpaired) electrons. The second-order valence-electron chi connectivity index (χ2n) is 3.34. The molecule has 1 aromatic carbocycles. The second kappa shape index (κ2) is 2.96. The van der Waals surface area contributed by atoms with Gasteiger partial charge in [0.2, 0.25) is 10.0 Å². The molecule has 0 saturated carbocycles. The van der Waals surface area contributed by atoms with Crippen molar-refractivity contribution in [2.24, 2.45) is 0 Å². The standard InChI is InChI=1S/C9H12N2O2S/c1-7-10-8-5-3-4-6-9(8)14(12,13)11(7)2/h3-7,10H,1-2H3. The van der Waals surface area contributed by atoms with Crippen LogP contribution in [0, 0.1) is 0 Å². The minimum Gasteiger partial charge on any atom is -0.368 e. The number of rotatable bonds is 0. The van der Waals surface area contributed by atoms with Crippen molar-refractivity contribution in [3.63, 3.8) is 0 Å². The lowest BCUT2D eigenvalue weighted by molar-refractivity contribution is 0.409. The zero-order valence-electron chi connectivity index (χ0n) is 8.06. The summed E-state index contributed by atoms with van der Waals surface area (Å²) < 4.78 is 25.1. The SMILES string of the molecule is CC1Nc2ccccc2S(=O)(=O)N1C. The highest BCUT2D eigenvalue weighted by Crippen LogP contribution is 2.29. The van der Waals surface area contributed by atoms with E-state index in [1.54, 1.807) is 25.2 Å². The molecular formula is C9H12N2O2S. The van der Waals surface area contributed by atoms with Gasteiger partial charge in [0.1, 0.15) is 4.90 Å². The molecule has 1 aromatic rings. The van der Waals surface area contributed by atoms with Crippen molar-refractivity contribution < 1.29 is 8.42 Å². The van der Waals surface area contributed by atoms with E-state index in [1.165, 1.54) is 4.31 Å². The Morgan fingerprint density at radius 1 is 1.36 bits per heavy atom. The van der Waals surface area contributed by atoms with Crippen LogP contribution in [-0.4, -0.2) is 25.9 Å². The molecule has 1 atom stereocenters. The molecule has 0 spiro atoms. The molecule has 0 aromatic heterocycles. The predicted octanol–water partition coefficient (Wildman–Crippen LogP) is 1.08. The van der Waals surface area contributed by atoms with Gasteiger partial charge in [0.25, 0.3) is 0 Å². The van der Waals surface area contributed by atoms with Crippen LogP contribution in [0.25, 0.3) is 0 Å². The first-order valence-corrected chi connectivity index (χ1v) is 5.81. The van der Waals surface area contributed by atoms with Crippen LogP contribution in [0.5, 0.6) is 0 Å². The highest BCUT2D eigenvalue weighted by atomic mass is 32.2. The third kappa shape index (κ3) is 1.20. The summed E-state index contributed by atoms with van der Waals surface area (Å²) in [4.78, 5) is 0.348. The number of hydrogen-bond donors (Lipinski definition) is 1. The lowest BCUT2D eigenvalue weighted by Crippen LogP contribution is -2.43. The molecule has 76 valence electrons. The van der Waals surface area contributed by atoms with E-state index in [4.69, 9.17) is 0 Å². The number of benzene rings is 1. The van der Waals surface area contributed by atoms with Crippen LogP contribution in [0.2, 0.25) is 0 Å². The predicted molar refractivity (Wildman–Crippen MR) is 54.5 cm³/mol. The molecule has 5 heteroatoms. The molecule has 0 fully saturated rings. The number of nitrogens with zero attached hydrogens (tertiary/aromatic N) is 1. The van der Waals surface area contributed by atoms with E-state index in [1.807, 2.05) is 13.0 Å². The van der Waals surface area contributed by atoms with Gasteiger partial charge >= 0.3 is 0 Å². The maximum atomic E-state index is 11.9. The fourth-order valence-electron chi connectivity index (χ4n) is 1.49. The summed E-state index contributed by atoms with van der Waals surface area (Å²) in [6.45, 7) is 1.81. The van der Waals surface area contributed by atoms with E-state index in [0.717, 1.165) is 0 Å². The zero-order valence-corrected chi connectivity index (χ0v) is 8.88. The molecule has 0 bridgehead atoms. The van der Waals surface area contributed by atoms with E-state index < -0.39 is 10.0 Å². The molecule has 1 aliphatic heterocycles. The highest BCUT2D eigenvalue weighted by Gasteiger charge is 2.32. The summed E-state index contributed by atoms with van der Waals surface area (Å²) in [6, 6.07) is 6.93. The van der Waals surface area contributed by atoms with Gasteiger partial charge in [0.05, 0.1) is 11.9 Å². The van der Waals surface area contributed by atoms with Crippen LogP contribution in [-0.2, 0) is 10.0 Å². The molecule has 1 heterocycles. The van der Waals surface area contributed by atoms with Gasteiger partial charge in [-0.15, -0.1) is 0 Å². The van der Waals surface area contributed by atoms with E-state index in [-0.39, 0.29) is 6.17 Å². The Morgan fingerprint density at radius 3 is 2.71 bits per heavy atom. The lowest BCUT2D eigenvalue weighted by atomic mass is 10.3. The van der Waals surface area contributed by atoms with Gasteiger partial charge < -0.3 is 5.32 Å². The van der Waals surface area contributed by atoms with Gasteiger partial charge in [0.15, 0.2) is 0 Å². The summed E-state index contributed by atoms with van der Waals surface area (Å²) in [6.07, 6.45) is -0.199. The Hall–Kier alpha value is -1.07. The third-order valence-corrected chi connectivity index (χ3v) is 4.44. The van der Waals surface area contributed by atoms with Crippen LogP contribution in [0.1, 0.15) is 6.92 Å². The first kappa shape index (κ1) is 9.48. The zero-order chi connectivity index (χ0) is 10.3. The van der Waals surface area contributed by atoms with Gasteiger partial charge in [-0.1, -0.05) is 12.1 Å². The number of hydrogen-bond acceptors (Lipinski definition) is 3. The summed E-state index contributed by atoms with van der Waals surface area (Å²) in [5, 5.41) is 3.11. The van der Waals surface area contributed by atoms with E-state index >= 15 is 0 Å². The maximum Gasteiger partial charge on any atom is 0.246 e. The van der Waals surface area contributed by atoms with Crippen LogP contribution < -0.4 is 5.32 Å². The van der Waals surface area contributed by atoms with Crippen molar-refractivity contribution in [3.8, 4) is 0 Å². The Morgan fingerprint density at radius 2 is 2.00 bits per heavy atom. The molecule has 1 unspecified atom stereocenters. The minimum absolute atomic E-state index is 0.199. The first-order chi connectivity index (χ1) is 6.53. The van der Waals surface area contributed by atoms with Gasteiger partial charge in [-0.25, -0.2) is 8.42 Å². The van der Waals surface area contributed by atoms with E-state index in [9.17, 15) is 8.42 Å². The molecule has 1 aliphatic rings. The first-order valence-electron chi connectivity index (χ1n) is 4.37. The van der Waals surface area contributed by atoms with Crippen molar-refractivity contribution in [2.45, 2.75) is 18.0 Å². The number of sulfonamides is 1. The molecule has 4 nitrogen and oxygen atoms in total. The fraction of sp³-hybridized carbons (Fsp3) is 0.333. The molecule has 2 rings (SSSR count). The van der Waals surface area contributed by atoms with Gasteiger partial charge in [-0.05, 0) is 19.1 Å². The second-order valence-corrected chi connectivity index (χ2v) is 5.30. The molecule has 14 heavy (non-hydrogen) atoms. The molecule has 0 saturated heterocycles. The quantitative estimate of drug-likeness (QED) is 0.700. The summed E-state index contributed by atoms with van der Waals surface area (Å²) in [5.41, 5.74) is 0.679. The van der Waals surface area contributed by atoms with Crippen molar-refractivity contribution >= 4 is 15.7 Å². The Labute approximate surface area is 83.6 Å². The van der Waals surface area contributed by atoms with Crippen molar-refractivity contribution in [3.05, 3.63) is 24.3 Å².